The predicted octanol–water partition coefficient (Wildman–Crippen LogP) is 0.739. The average molecular weight is 278 g/mol. The summed E-state index contributed by atoms with van der Waals surface area (Å²) < 4.78 is 0. The highest BCUT2D eigenvalue weighted by atomic mass is 16.6. The molecule has 7 heteroatoms. The first-order valence-electron chi connectivity index (χ1n) is 6.50. The molecule has 108 valence electrons. The van der Waals surface area contributed by atoms with Crippen LogP contribution < -0.4 is 16.0 Å². The number of hydrogen-bond donors (Lipinski definition) is 2. The summed E-state index contributed by atoms with van der Waals surface area (Å²) in [6.45, 7) is 2.36. The van der Waals surface area contributed by atoms with E-state index in [0.29, 0.717) is 17.2 Å². The second kappa shape index (κ2) is 5.87. The third kappa shape index (κ3) is 2.88. The molecular weight excluding hydrogens is 260 g/mol. The highest BCUT2D eigenvalue weighted by Crippen LogP contribution is 2.32. The number of nitro benzene ring substituents is 1. The van der Waals surface area contributed by atoms with Gasteiger partial charge in [0.15, 0.2) is 0 Å². The van der Waals surface area contributed by atoms with Gasteiger partial charge in [-0.2, -0.15) is 0 Å². The number of nitrogens with zero attached hydrogens (tertiary/aromatic N) is 2. The number of anilines is 1. The quantitative estimate of drug-likeness (QED) is 0.611. The molecule has 1 saturated heterocycles. The Morgan fingerprint density at radius 2 is 2.35 bits per heavy atom. The zero-order valence-corrected chi connectivity index (χ0v) is 11.3. The Morgan fingerprint density at radius 3 is 2.95 bits per heavy atom. The van der Waals surface area contributed by atoms with E-state index >= 15 is 0 Å². The molecule has 20 heavy (non-hydrogen) atoms. The molecule has 1 fully saturated rings. The van der Waals surface area contributed by atoms with Crippen LogP contribution in [0, 0.1) is 16.0 Å². The van der Waals surface area contributed by atoms with E-state index in [1.165, 1.54) is 18.2 Å². The molecule has 1 atom stereocenters. The van der Waals surface area contributed by atoms with E-state index in [2.05, 4.69) is 5.32 Å². The van der Waals surface area contributed by atoms with Crippen molar-refractivity contribution in [1.29, 1.82) is 0 Å². The standard InChI is InChI=1S/C13H18N4O3/c1-15-7-9-4-5-16(8-9)12-6-10(13(14)18)2-3-11(12)17(19)20/h2-3,6,9,15H,4-5,7-8H2,1H3,(H2,14,18). The van der Waals surface area contributed by atoms with Gasteiger partial charge >= 0.3 is 0 Å². The Bertz CT molecular complexity index is 532. The fourth-order valence-electron chi connectivity index (χ4n) is 2.59. The molecule has 1 unspecified atom stereocenters. The normalized spacial score (nSPS) is 18.2. The molecular formula is C13H18N4O3. The van der Waals surface area contributed by atoms with Gasteiger partial charge in [0.1, 0.15) is 5.69 Å². The highest BCUT2D eigenvalue weighted by Gasteiger charge is 2.27. The first-order valence-corrected chi connectivity index (χ1v) is 6.50. The molecule has 0 aliphatic carbocycles. The average Bonchev–Trinajstić information content (AvgIpc) is 2.86. The number of nitro groups is 1. The topological polar surface area (TPSA) is 102 Å². The van der Waals surface area contributed by atoms with Gasteiger partial charge < -0.3 is 16.0 Å². The summed E-state index contributed by atoms with van der Waals surface area (Å²) in [7, 11) is 1.89. The van der Waals surface area contributed by atoms with Gasteiger partial charge in [-0.1, -0.05) is 0 Å². The van der Waals surface area contributed by atoms with Crippen LogP contribution in [0.3, 0.4) is 0 Å². The minimum Gasteiger partial charge on any atom is -0.366 e. The van der Waals surface area contributed by atoms with E-state index in [1.54, 1.807) is 0 Å². The van der Waals surface area contributed by atoms with E-state index in [4.69, 9.17) is 5.73 Å². The second-order valence-electron chi connectivity index (χ2n) is 4.98. The van der Waals surface area contributed by atoms with Gasteiger partial charge in [0.25, 0.3) is 5.69 Å². The highest BCUT2D eigenvalue weighted by molar-refractivity contribution is 5.94. The molecule has 2 rings (SSSR count). The van der Waals surface area contributed by atoms with E-state index in [-0.39, 0.29) is 5.69 Å². The molecule has 1 aliphatic rings. The maximum atomic E-state index is 11.2. The lowest BCUT2D eigenvalue weighted by Gasteiger charge is -2.19. The molecule has 1 heterocycles. The molecule has 0 radical (unpaired) electrons. The van der Waals surface area contributed by atoms with Crippen molar-refractivity contribution in [3.63, 3.8) is 0 Å². The van der Waals surface area contributed by atoms with Crippen LogP contribution in [0.15, 0.2) is 18.2 Å². The number of primary amides is 1. The van der Waals surface area contributed by atoms with Crippen molar-refractivity contribution in [2.75, 3.05) is 31.6 Å². The Kier molecular flexibility index (Phi) is 4.19. The van der Waals surface area contributed by atoms with Crippen LogP contribution in [0.5, 0.6) is 0 Å². The fourth-order valence-corrected chi connectivity index (χ4v) is 2.59. The third-order valence-corrected chi connectivity index (χ3v) is 3.58. The van der Waals surface area contributed by atoms with Gasteiger partial charge in [-0.25, -0.2) is 0 Å². The fraction of sp³-hybridized carbons (Fsp3) is 0.462. The van der Waals surface area contributed by atoms with Gasteiger partial charge in [-0.3, -0.25) is 14.9 Å². The van der Waals surface area contributed by atoms with Crippen molar-refractivity contribution in [3.8, 4) is 0 Å². The van der Waals surface area contributed by atoms with Crippen molar-refractivity contribution in [2.45, 2.75) is 6.42 Å². The lowest BCUT2D eigenvalue weighted by Crippen LogP contribution is -2.25. The second-order valence-corrected chi connectivity index (χ2v) is 4.98. The molecule has 1 aromatic rings. The van der Waals surface area contributed by atoms with Crippen molar-refractivity contribution < 1.29 is 9.72 Å². The lowest BCUT2D eigenvalue weighted by atomic mass is 10.1. The molecule has 1 aliphatic heterocycles. The van der Waals surface area contributed by atoms with Crippen molar-refractivity contribution in [1.82, 2.24) is 5.32 Å². The number of carbonyl (C=O) groups is 1. The van der Waals surface area contributed by atoms with Gasteiger partial charge in [-0.15, -0.1) is 0 Å². The number of rotatable bonds is 5. The van der Waals surface area contributed by atoms with Gasteiger partial charge in [0.2, 0.25) is 5.91 Å². The monoisotopic (exact) mass is 278 g/mol. The molecule has 7 nitrogen and oxygen atoms in total. The number of nitrogens with two attached hydrogens (primary N) is 1. The Labute approximate surface area is 116 Å². The van der Waals surface area contributed by atoms with Crippen LogP contribution in [0.4, 0.5) is 11.4 Å². The van der Waals surface area contributed by atoms with E-state index in [9.17, 15) is 14.9 Å². The summed E-state index contributed by atoms with van der Waals surface area (Å²) in [5, 5.41) is 14.2. The van der Waals surface area contributed by atoms with Crippen LogP contribution in [0.1, 0.15) is 16.8 Å². The molecule has 0 spiro atoms. The van der Waals surface area contributed by atoms with Crippen LogP contribution in [0.25, 0.3) is 0 Å². The molecule has 1 amide bonds. The van der Waals surface area contributed by atoms with E-state index < -0.39 is 10.8 Å². The van der Waals surface area contributed by atoms with Crippen LogP contribution in [0.2, 0.25) is 0 Å². The van der Waals surface area contributed by atoms with E-state index in [0.717, 1.165) is 26.1 Å². The SMILES string of the molecule is CNCC1CCN(c2cc(C(N)=O)ccc2[N+](=O)[O-])C1. The van der Waals surface area contributed by atoms with Gasteiger partial charge in [0.05, 0.1) is 4.92 Å². The van der Waals surface area contributed by atoms with Crippen LogP contribution in [-0.2, 0) is 0 Å². The number of carbonyl (C=O) groups excluding carboxylic acids is 1. The first-order chi connectivity index (χ1) is 9.52. The summed E-state index contributed by atoms with van der Waals surface area (Å²) >= 11 is 0. The van der Waals surface area contributed by atoms with Crippen molar-refractivity contribution in [3.05, 3.63) is 33.9 Å². The largest absolute Gasteiger partial charge is 0.366 e. The van der Waals surface area contributed by atoms with Crippen molar-refractivity contribution >= 4 is 17.3 Å². The number of amides is 1. The summed E-state index contributed by atoms with van der Waals surface area (Å²) in [6.07, 6.45) is 0.971. The summed E-state index contributed by atoms with van der Waals surface area (Å²) in [5.41, 5.74) is 6.03. The molecule has 0 aromatic heterocycles. The summed E-state index contributed by atoms with van der Waals surface area (Å²) in [4.78, 5) is 23.9. The Balaban J connectivity index is 2.31. The van der Waals surface area contributed by atoms with Gasteiger partial charge in [0, 0.05) is 24.7 Å². The maximum absolute atomic E-state index is 11.2. The number of benzene rings is 1. The molecule has 1 aromatic carbocycles. The minimum atomic E-state index is -0.577. The Morgan fingerprint density at radius 1 is 1.60 bits per heavy atom. The van der Waals surface area contributed by atoms with E-state index in [1.807, 2.05) is 11.9 Å². The molecule has 0 saturated carbocycles. The first kappa shape index (κ1) is 14.3. The zero-order chi connectivity index (χ0) is 14.7. The van der Waals surface area contributed by atoms with Crippen LogP contribution >= 0.6 is 0 Å². The zero-order valence-electron chi connectivity index (χ0n) is 11.3. The summed E-state index contributed by atoms with van der Waals surface area (Å²) in [5.74, 6) is -0.121. The lowest BCUT2D eigenvalue weighted by molar-refractivity contribution is -0.384. The minimum absolute atomic E-state index is 0.0140. The number of nitrogens with one attached hydrogen (secondary N) is 1. The Hall–Kier alpha value is -2.15. The summed E-state index contributed by atoms with van der Waals surface area (Å²) in [6, 6.07) is 4.26. The third-order valence-electron chi connectivity index (χ3n) is 3.58. The predicted molar refractivity (Wildman–Crippen MR) is 75.9 cm³/mol. The smallest absolute Gasteiger partial charge is 0.292 e. The molecule has 3 N–H and O–H groups in total. The van der Waals surface area contributed by atoms with Crippen molar-refractivity contribution in [2.24, 2.45) is 11.7 Å². The number of hydrogen-bond acceptors (Lipinski definition) is 5. The van der Waals surface area contributed by atoms with Gasteiger partial charge in [-0.05, 0) is 38.1 Å². The van der Waals surface area contributed by atoms with Crippen LogP contribution in [-0.4, -0.2) is 37.5 Å². The molecule has 0 bridgehead atoms. The maximum Gasteiger partial charge on any atom is 0.292 e.